The summed E-state index contributed by atoms with van der Waals surface area (Å²) in [4.78, 5) is 13.5. The van der Waals surface area contributed by atoms with Crippen molar-refractivity contribution in [3.8, 4) is 5.75 Å². The van der Waals surface area contributed by atoms with Crippen molar-refractivity contribution in [3.63, 3.8) is 0 Å². The van der Waals surface area contributed by atoms with Gasteiger partial charge in [0.05, 0.1) is 26.1 Å². The van der Waals surface area contributed by atoms with Crippen LogP contribution < -0.4 is 4.74 Å². The zero-order valence-corrected chi connectivity index (χ0v) is 11.8. The molecule has 0 bridgehead atoms. The van der Waals surface area contributed by atoms with E-state index in [1.54, 1.807) is 4.90 Å². The highest BCUT2D eigenvalue weighted by Gasteiger charge is 2.45. The molecule has 0 atom stereocenters. The van der Waals surface area contributed by atoms with Crippen molar-refractivity contribution in [2.75, 3.05) is 19.7 Å². The summed E-state index contributed by atoms with van der Waals surface area (Å²) in [6.07, 6.45) is 0.256. The smallest absolute Gasteiger partial charge is 0.226 e. The Kier molecular flexibility index (Phi) is 4.28. The Morgan fingerprint density at radius 1 is 1.40 bits per heavy atom. The number of amides is 1. The number of carbonyl (C=O) groups excluding carboxylic acids is 1. The van der Waals surface area contributed by atoms with Gasteiger partial charge in [0.2, 0.25) is 5.91 Å². The summed E-state index contributed by atoms with van der Waals surface area (Å²) in [5.74, 6) is 0.336. The number of rotatable bonds is 5. The summed E-state index contributed by atoms with van der Waals surface area (Å²) >= 11 is 0. The molecule has 20 heavy (non-hydrogen) atoms. The van der Waals surface area contributed by atoms with Crippen LogP contribution in [0.5, 0.6) is 5.75 Å². The summed E-state index contributed by atoms with van der Waals surface area (Å²) in [6.45, 7) is 4.92. The molecule has 1 amide bonds. The number of nitrogens with zero attached hydrogens (tertiary/aromatic N) is 1. The van der Waals surface area contributed by atoms with Crippen LogP contribution in [0.15, 0.2) is 24.3 Å². The monoisotopic (exact) mass is 281 g/mol. The first-order chi connectivity index (χ1) is 9.40. The third-order valence-electron chi connectivity index (χ3n) is 3.76. The van der Waals surface area contributed by atoms with Crippen molar-refractivity contribution in [1.82, 2.24) is 4.90 Å². The van der Waals surface area contributed by atoms with E-state index in [1.165, 1.54) is 24.3 Å². The average Bonchev–Trinajstić information content (AvgIpc) is 2.37. The second kappa shape index (κ2) is 5.79. The fourth-order valence-corrected chi connectivity index (χ4v) is 2.10. The van der Waals surface area contributed by atoms with Crippen LogP contribution in [-0.4, -0.2) is 41.2 Å². The normalized spacial score (nSPS) is 16.9. The number of ether oxygens (including phenoxy) is 1. The van der Waals surface area contributed by atoms with Crippen LogP contribution in [0.3, 0.4) is 0 Å². The first-order valence-electron chi connectivity index (χ1n) is 6.79. The number of hydrogen-bond donors (Lipinski definition) is 1. The molecule has 0 spiro atoms. The van der Waals surface area contributed by atoms with Gasteiger partial charge in [-0.25, -0.2) is 4.39 Å². The quantitative estimate of drug-likeness (QED) is 0.895. The molecule has 1 aromatic rings. The highest BCUT2D eigenvalue weighted by Crippen LogP contribution is 2.28. The van der Waals surface area contributed by atoms with Crippen molar-refractivity contribution < 1.29 is 19.0 Å². The maximum absolute atomic E-state index is 12.7. The molecule has 2 rings (SSSR count). The lowest BCUT2D eigenvalue weighted by Gasteiger charge is -2.49. The van der Waals surface area contributed by atoms with E-state index in [9.17, 15) is 14.3 Å². The zero-order valence-electron chi connectivity index (χ0n) is 11.8. The van der Waals surface area contributed by atoms with Crippen LogP contribution in [0.25, 0.3) is 0 Å². The number of likely N-dealkylation sites (tertiary alicyclic amines) is 1. The van der Waals surface area contributed by atoms with Crippen LogP contribution in [0, 0.1) is 11.7 Å². The van der Waals surface area contributed by atoms with Crippen molar-refractivity contribution in [2.24, 2.45) is 5.92 Å². The van der Waals surface area contributed by atoms with E-state index in [1.807, 2.05) is 13.8 Å². The predicted molar refractivity (Wildman–Crippen MR) is 72.9 cm³/mol. The maximum Gasteiger partial charge on any atom is 0.226 e. The topological polar surface area (TPSA) is 49.8 Å². The van der Waals surface area contributed by atoms with Gasteiger partial charge in [-0.1, -0.05) is 13.8 Å². The molecule has 1 heterocycles. The van der Waals surface area contributed by atoms with Gasteiger partial charge < -0.3 is 14.7 Å². The second-order valence-corrected chi connectivity index (χ2v) is 5.56. The lowest BCUT2D eigenvalue weighted by molar-refractivity contribution is -0.164. The number of aliphatic hydroxyl groups is 1. The lowest BCUT2D eigenvalue weighted by atomic mass is 9.83. The van der Waals surface area contributed by atoms with Gasteiger partial charge in [-0.2, -0.15) is 0 Å². The Balaban J connectivity index is 1.70. The summed E-state index contributed by atoms with van der Waals surface area (Å²) in [7, 11) is 0. The van der Waals surface area contributed by atoms with Crippen molar-refractivity contribution in [2.45, 2.75) is 25.9 Å². The van der Waals surface area contributed by atoms with Crippen LogP contribution in [-0.2, 0) is 4.79 Å². The van der Waals surface area contributed by atoms with Gasteiger partial charge in [0.15, 0.2) is 0 Å². The summed E-state index contributed by atoms with van der Waals surface area (Å²) in [6, 6.07) is 5.69. The molecule has 1 fully saturated rings. The van der Waals surface area contributed by atoms with Gasteiger partial charge in [0.1, 0.15) is 17.2 Å². The minimum atomic E-state index is -0.743. The van der Waals surface area contributed by atoms with E-state index in [0.717, 1.165) is 0 Å². The predicted octanol–water partition coefficient (Wildman–Crippen LogP) is 1.82. The first-order valence-corrected chi connectivity index (χ1v) is 6.79. The van der Waals surface area contributed by atoms with Crippen molar-refractivity contribution in [1.29, 1.82) is 0 Å². The third kappa shape index (κ3) is 3.28. The Labute approximate surface area is 118 Å². The molecule has 110 valence electrons. The molecule has 1 saturated heterocycles. The number of benzene rings is 1. The van der Waals surface area contributed by atoms with Crippen LogP contribution >= 0.6 is 0 Å². The zero-order chi connectivity index (χ0) is 14.8. The van der Waals surface area contributed by atoms with Gasteiger partial charge in [0, 0.05) is 0 Å². The molecule has 1 aromatic carbocycles. The van der Waals surface area contributed by atoms with Gasteiger partial charge in [-0.05, 0) is 30.2 Å². The van der Waals surface area contributed by atoms with Crippen molar-refractivity contribution in [3.05, 3.63) is 30.1 Å². The van der Waals surface area contributed by atoms with E-state index in [4.69, 9.17) is 4.74 Å². The molecule has 1 N–H and O–H groups in total. The van der Waals surface area contributed by atoms with E-state index >= 15 is 0 Å². The number of hydrogen-bond acceptors (Lipinski definition) is 3. The molecule has 0 unspecified atom stereocenters. The minimum Gasteiger partial charge on any atom is -0.493 e. The molecule has 0 aliphatic carbocycles. The maximum atomic E-state index is 12.7. The fraction of sp³-hybridized carbons (Fsp3) is 0.533. The third-order valence-corrected chi connectivity index (χ3v) is 3.76. The number of halogens is 1. The van der Waals surface area contributed by atoms with E-state index < -0.39 is 5.60 Å². The molecule has 1 aliphatic heterocycles. The Morgan fingerprint density at radius 2 is 2.00 bits per heavy atom. The van der Waals surface area contributed by atoms with E-state index in [2.05, 4.69) is 0 Å². The SMILES string of the molecule is CC(C)C1(O)CN(C(=O)CCOc2ccc(F)cc2)C1. The van der Waals surface area contributed by atoms with Gasteiger partial charge in [-0.15, -0.1) is 0 Å². The van der Waals surface area contributed by atoms with Gasteiger partial charge in [0.25, 0.3) is 0 Å². The van der Waals surface area contributed by atoms with E-state index in [-0.39, 0.29) is 30.7 Å². The fourth-order valence-electron chi connectivity index (χ4n) is 2.10. The first kappa shape index (κ1) is 14.8. The highest BCUT2D eigenvalue weighted by molar-refractivity contribution is 5.77. The van der Waals surface area contributed by atoms with Crippen molar-refractivity contribution >= 4 is 5.91 Å². The Bertz CT molecular complexity index is 467. The Morgan fingerprint density at radius 3 is 2.55 bits per heavy atom. The molecule has 0 aromatic heterocycles. The standard InChI is InChI=1S/C15H20FNO3/c1-11(2)15(19)9-17(10-15)14(18)7-8-20-13-5-3-12(16)4-6-13/h3-6,11,19H,7-10H2,1-2H3. The minimum absolute atomic E-state index is 0.0302. The largest absolute Gasteiger partial charge is 0.493 e. The van der Waals surface area contributed by atoms with Gasteiger partial charge in [-0.3, -0.25) is 4.79 Å². The molecule has 4 nitrogen and oxygen atoms in total. The summed E-state index contributed by atoms with van der Waals surface area (Å²) in [5.41, 5.74) is -0.743. The van der Waals surface area contributed by atoms with Gasteiger partial charge >= 0.3 is 0 Å². The van der Waals surface area contributed by atoms with Crippen LogP contribution in [0.4, 0.5) is 4.39 Å². The summed E-state index contributed by atoms with van der Waals surface area (Å²) < 4.78 is 18.1. The summed E-state index contributed by atoms with van der Waals surface area (Å²) in [5, 5.41) is 10.1. The second-order valence-electron chi connectivity index (χ2n) is 5.56. The molecule has 0 radical (unpaired) electrons. The average molecular weight is 281 g/mol. The van der Waals surface area contributed by atoms with E-state index in [0.29, 0.717) is 18.8 Å². The molecule has 0 saturated carbocycles. The molecule has 1 aliphatic rings. The number of β-amino-alcohol motifs (C(OH)–C–C–N with tert-alkyl or cyclic N) is 1. The Hall–Kier alpha value is -1.62. The molecular formula is C15H20FNO3. The molecule has 5 heteroatoms. The van der Waals surface area contributed by atoms with Crippen LogP contribution in [0.1, 0.15) is 20.3 Å². The lowest BCUT2D eigenvalue weighted by Crippen LogP contribution is -2.66. The number of carbonyl (C=O) groups is 1. The molecular weight excluding hydrogens is 261 g/mol. The van der Waals surface area contributed by atoms with Crippen LogP contribution in [0.2, 0.25) is 0 Å². The highest BCUT2D eigenvalue weighted by atomic mass is 19.1.